The van der Waals surface area contributed by atoms with E-state index in [0.29, 0.717) is 5.15 Å². The Morgan fingerprint density at radius 3 is 2.89 bits per heavy atom. The quantitative estimate of drug-likeness (QED) is 0.739. The molecule has 104 valence electrons. The van der Waals surface area contributed by atoms with Gasteiger partial charge >= 0.3 is 0 Å². The van der Waals surface area contributed by atoms with Crippen molar-refractivity contribution in [2.45, 2.75) is 32.2 Å². The zero-order valence-electron chi connectivity index (χ0n) is 11.6. The van der Waals surface area contributed by atoms with E-state index in [1.54, 1.807) is 0 Å². The fourth-order valence-corrected chi connectivity index (χ4v) is 3.76. The van der Waals surface area contributed by atoms with Crippen LogP contribution in [0.5, 0.6) is 0 Å². The van der Waals surface area contributed by atoms with Crippen LogP contribution in [-0.2, 0) is 0 Å². The van der Waals surface area contributed by atoms with Gasteiger partial charge in [0.05, 0.1) is 0 Å². The molecular formula is C14H21ClN4. The van der Waals surface area contributed by atoms with Gasteiger partial charge in [-0.1, -0.05) is 11.6 Å². The summed E-state index contributed by atoms with van der Waals surface area (Å²) in [6.07, 6.45) is 3.88. The Labute approximate surface area is 119 Å². The summed E-state index contributed by atoms with van der Waals surface area (Å²) in [7, 11) is 2.26. The van der Waals surface area contributed by atoms with Gasteiger partial charge in [0.15, 0.2) is 0 Å². The molecular weight excluding hydrogens is 260 g/mol. The summed E-state index contributed by atoms with van der Waals surface area (Å²) in [5.41, 5.74) is 0. The Bertz CT molecular complexity index is 445. The van der Waals surface area contributed by atoms with Gasteiger partial charge in [-0.3, -0.25) is 0 Å². The normalized spacial score (nSPS) is 28.3. The van der Waals surface area contributed by atoms with Crippen LogP contribution in [0.3, 0.4) is 0 Å². The van der Waals surface area contributed by atoms with Crippen LogP contribution in [-0.4, -0.2) is 47.6 Å². The maximum atomic E-state index is 6.04. The molecule has 2 saturated heterocycles. The molecule has 0 bridgehead atoms. The number of nitrogens with zero attached hydrogens (tertiary/aromatic N) is 4. The first-order valence-corrected chi connectivity index (χ1v) is 7.47. The Kier molecular flexibility index (Phi) is 3.63. The zero-order valence-corrected chi connectivity index (χ0v) is 12.4. The van der Waals surface area contributed by atoms with Crippen LogP contribution in [0.25, 0.3) is 0 Å². The van der Waals surface area contributed by atoms with Gasteiger partial charge in [0, 0.05) is 25.2 Å². The van der Waals surface area contributed by atoms with Crippen molar-refractivity contribution in [3.05, 3.63) is 17.0 Å². The summed E-state index contributed by atoms with van der Waals surface area (Å²) < 4.78 is 0. The highest BCUT2D eigenvalue weighted by molar-refractivity contribution is 6.29. The monoisotopic (exact) mass is 280 g/mol. The predicted molar refractivity (Wildman–Crippen MR) is 77.8 cm³/mol. The van der Waals surface area contributed by atoms with Crippen molar-refractivity contribution < 1.29 is 0 Å². The Morgan fingerprint density at radius 1 is 1.26 bits per heavy atom. The van der Waals surface area contributed by atoms with Gasteiger partial charge in [0.25, 0.3) is 0 Å². The third-order valence-electron chi connectivity index (χ3n) is 4.46. The molecule has 2 aliphatic rings. The molecule has 2 unspecified atom stereocenters. The zero-order chi connectivity index (χ0) is 13.4. The number of piperidine rings is 2. The first-order chi connectivity index (χ1) is 9.13. The molecule has 1 aromatic rings. The van der Waals surface area contributed by atoms with Crippen molar-refractivity contribution in [2.24, 2.45) is 5.92 Å². The number of hydrogen-bond acceptors (Lipinski definition) is 4. The number of halogens is 1. The predicted octanol–water partition coefficient (Wildman–Crippen LogP) is 2.36. The van der Waals surface area contributed by atoms with E-state index in [1.807, 2.05) is 13.0 Å². The average Bonchev–Trinajstić information content (AvgIpc) is 2.37. The lowest BCUT2D eigenvalue weighted by Crippen LogP contribution is -2.52. The minimum absolute atomic E-state index is 0.547. The Morgan fingerprint density at radius 2 is 2.11 bits per heavy atom. The van der Waals surface area contributed by atoms with Gasteiger partial charge < -0.3 is 9.80 Å². The van der Waals surface area contributed by atoms with Crippen molar-refractivity contribution in [1.82, 2.24) is 14.9 Å². The van der Waals surface area contributed by atoms with E-state index in [0.717, 1.165) is 36.7 Å². The molecule has 2 fully saturated rings. The lowest BCUT2D eigenvalue weighted by Gasteiger charge is -2.46. The highest BCUT2D eigenvalue weighted by Crippen LogP contribution is 2.31. The van der Waals surface area contributed by atoms with E-state index in [2.05, 4.69) is 26.8 Å². The highest BCUT2D eigenvalue weighted by atomic mass is 35.5. The summed E-state index contributed by atoms with van der Waals surface area (Å²) in [5, 5.41) is 0.547. The minimum Gasteiger partial charge on any atom is -0.356 e. The molecule has 4 nitrogen and oxygen atoms in total. The van der Waals surface area contributed by atoms with Crippen molar-refractivity contribution in [3.8, 4) is 0 Å². The van der Waals surface area contributed by atoms with Gasteiger partial charge in [-0.2, -0.15) is 0 Å². The molecule has 2 aliphatic heterocycles. The molecule has 0 saturated carbocycles. The molecule has 1 aromatic heterocycles. The molecule has 19 heavy (non-hydrogen) atoms. The van der Waals surface area contributed by atoms with E-state index < -0.39 is 0 Å². The summed E-state index contributed by atoms with van der Waals surface area (Å²) in [5.74, 6) is 2.51. The largest absolute Gasteiger partial charge is 0.356 e. The molecule has 0 N–H and O–H groups in total. The van der Waals surface area contributed by atoms with Crippen LogP contribution in [0.1, 0.15) is 25.1 Å². The lowest BCUT2D eigenvalue weighted by molar-refractivity contribution is 0.102. The molecule has 0 radical (unpaired) electrons. The van der Waals surface area contributed by atoms with E-state index in [4.69, 9.17) is 11.6 Å². The first-order valence-electron chi connectivity index (χ1n) is 7.10. The molecule has 0 aliphatic carbocycles. The fraction of sp³-hybridized carbons (Fsp3) is 0.714. The van der Waals surface area contributed by atoms with Crippen LogP contribution in [0.4, 0.5) is 5.82 Å². The topological polar surface area (TPSA) is 32.3 Å². The van der Waals surface area contributed by atoms with E-state index in [1.165, 1.54) is 25.8 Å². The van der Waals surface area contributed by atoms with Crippen LogP contribution < -0.4 is 4.90 Å². The Balaban J connectivity index is 1.77. The van der Waals surface area contributed by atoms with E-state index in [-0.39, 0.29) is 0 Å². The van der Waals surface area contributed by atoms with Crippen LogP contribution in [0.15, 0.2) is 6.07 Å². The highest BCUT2D eigenvalue weighted by Gasteiger charge is 2.34. The van der Waals surface area contributed by atoms with Crippen molar-refractivity contribution >= 4 is 17.4 Å². The second-order valence-corrected chi connectivity index (χ2v) is 6.17. The average molecular weight is 281 g/mol. The number of hydrogen-bond donors (Lipinski definition) is 0. The standard InChI is InChI=1S/C14H21ClN4/c1-10-16-13(15)8-14(17-10)19-7-5-12-11(9-19)4-3-6-18(12)2/h8,11-12H,3-7,9H2,1-2H3. The van der Waals surface area contributed by atoms with Crippen molar-refractivity contribution in [2.75, 3.05) is 31.6 Å². The van der Waals surface area contributed by atoms with Crippen molar-refractivity contribution in [3.63, 3.8) is 0 Å². The van der Waals surface area contributed by atoms with Gasteiger partial charge in [-0.15, -0.1) is 0 Å². The third-order valence-corrected chi connectivity index (χ3v) is 4.66. The van der Waals surface area contributed by atoms with Gasteiger partial charge in [0.1, 0.15) is 16.8 Å². The van der Waals surface area contributed by atoms with Crippen LogP contribution in [0.2, 0.25) is 5.15 Å². The molecule has 3 heterocycles. The fourth-order valence-electron chi connectivity index (χ4n) is 3.54. The van der Waals surface area contributed by atoms with Crippen molar-refractivity contribution in [1.29, 1.82) is 0 Å². The third kappa shape index (κ3) is 2.70. The number of rotatable bonds is 1. The summed E-state index contributed by atoms with van der Waals surface area (Å²) in [6, 6.07) is 2.64. The SMILES string of the molecule is Cc1nc(Cl)cc(N2CCC3C(CCCN3C)C2)n1. The number of aryl methyl sites for hydroxylation is 1. The number of anilines is 1. The summed E-state index contributed by atoms with van der Waals surface area (Å²) in [6.45, 7) is 5.32. The molecule has 3 rings (SSSR count). The van der Waals surface area contributed by atoms with Gasteiger partial charge in [-0.25, -0.2) is 9.97 Å². The smallest absolute Gasteiger partial charge is 0.134 e. The second kappa shape index (κ2) is 5.25. The number of aromatic nitrogens is 2. The number of fused-ring (bicyclic) bond motifs is 1. The molecule has 0 spiro atoms. The van der Waals surface area contributed by atoms with E-state index in [9.17, 15) is 0 Å². The van der Waals surface area contributed by atoms with Gasteiger partial charge in [-0.05, 0) is 45.7 Å². The molecule has 0 amide bonds. The van der Waals surface area contributed by atoms with Gasteiger partial charge in [0.2, 0.25) is 0 Å². The molecule has 2 atom stereocenters. The molecule has 5 heteroatoms. The maximum Gasteiger partial charge on any atom is 0.134 e. The maximum absolute atomic E-state index is 6.04. The first kappa shape index (κ1) is 13.1. The Hall–Kier alpha value is -0.870. The van der Waals surface area contributed by atoms with Crippen LogP contribution in [0, 0.1) is 12.8 Å². The lowest BCUT2D eigenvalue weighted by atomic mass is 9.84. The second-order valence-electron chi connectivity index (χ2n) is 5.78. The molecule has 0 aromatic carbocycles. The van der Waals surface area contributed by atoms with Crippen LogP contribution >= 0.6 is 11.6 Å². The summed E-state index contributed by atoms with van der Waals surface area (Å²) >= 11 is 6.04. The summed E-state index contributed by atoms with van der Waals surface area (Å²) in [4.78, 5) is 13.6. The van der Waals surface area contributed by atoms with E-state index >= 15 is 0 Å². The minimum atomic E-state index is 0.547. The number of likely N-dealkylation sites (tertiary alicyclic amines) is 1.